The number of amides is 1. The van der Waals surface area contributed by atoms with Crippen molar-refractivity contribution in [3.63, 3.8) is 0 Å². The zero-order valence-corrected chi connectivity index (χ0v) is 17.1. The van der Waals surface area contributed by atoms with E-state index in [0.29, 0.717) is 24.0 Å². The molecule has 142 valence electrons. The second-order valence-corrected chi connectivity index (χ2v) is 7.94. The molecule has 0 aliphatic carbocycles. The number of fused-ring (bicyclic) bond motifs is 1. The topological polar surface area (TPSA) is 38.1 Å². The molecule has 0 aliphatic heterocycles. The maximum Gasteiger partial charge on any atom is 0.254 e. The number of hydrogen-bond acceptors (Lipinski definition) is 2. The lowest BCUT2D eigenvalue weighted by Crippen LogP contribution is -2.33. The molecule has 2 aromatic carbocycles. The second kappa shape index (κ2) is 8.13. The Morgan fingerprint density at radius 1 is 1.22 bits per heavy atom. The Morgan fingerprint density at radius 2 is 2.00 bits per heavy atom. The molecule has 1 aromatic heterocycles. The number of aromatic nitrogens is 2. The molecule has 0 aliphatic rings. The highest BCUT2D eigenvalue weighted by molar-refractivity contribution is 6.31. The summed E-state index contributed by atoms with van der Waals surface area (Å²) in [5.74, 6) is 1.43. The first-order chi connectivity index (χ1) is 12.8. The minimum Gasteiger partial charge on any atom is -0.331 e. The van der Waals surface area contributed by atoms with E-state index in [1.807, 2.05) is 65.9 Å². The van der Waals surface area contributed by atoms with E-state index in [0.717, 1.165) is 34.4 Å². The molecule has 0 atom stereocenters. The fourth-order valence-corrected chi connectivity index (χ4v) is 3.32. The lowest BCUT2D eigenvalue weighted by atomic mass is 10.1. The monoisotopic (exact) mass is 383 g/mol. The van der Waals surface area contributed by atoms with Gasteiger partial charge >= 0.3 is 0 Å². The number of aryl methyl sites for hydroxylation is 2. The van der Waals surface area contributed by atoms with Gasteiger partial charge in [0, 0.05) is 24.2 Å². The number of rotatable bonds is 6. The smallest absolute Gasteiger partial charge is 0.254 e. The van der Waals surface area contributed by atoms with Crippen LogP contribution >= 0.6 is 11.6 Å². The van der Waals surface area contributed by atoms with Gasteiger partial charge in [-0.05, 0) is 49.6 Å². The van der Waals surface area contributed by atoms with Crippen LogP contribution in [0.1, 0.15) is 42.0 Å². The molecule has 0 spiro atoms. The van der Waals surface area contributed by atoms with E-state index in [1.165, 1.54) is 0 Å². The van der Waals surface area contributed by atoms with Gasteiger partial charge in [0.1, 0.15) is 5.82 Å². The predicted molar refractivity (Wildman–Crippen MR) is 111 cm³/mol. The number of imidazole rings is 1. The van der Waals surface area contributed by atoms with Crippen molar-refractivity contribution < 1.29 is 4.79 Å². The highest BCUT2D eigenvalue weighted by atomic mass is 35.5. The summed E-state index contributed by atoms with van der Waals surface area (Å²) in [6.07, 6.45) is 0.952. The van der Waals surface area contributed by atoms with E-state index >= 15 is 0 Å². The van der Waals surface area contributed by atoms with Crippen LogP contribution in [-0.2, 0) is 13.6 Å². The zero-order valence-electron chi connectivity index (χ0n) is 16.4. The number of halogens is 1. The van der Waals surface area contributed by atoms with Gasteiger partial charge in [-0.15, -0.1) is 0 Å². The van der Waals surface area contributed by atoms with Crippen molar-refractivity contribution in [3.05, 3.63) is 64.4 Å². The van der Waals surface area contributed by atoms with Crippen molar-refractivity contribution in [2.24, 2.45) is 13.0 Å². The third-order valence-corrected chi connectivity index (χ3v) is 5.03. The third-order valence-electron chi connectivity index (χ3n) is 4.80. The van der Waals surface area contributed by atoms with Crippen LogP contribution in [0.4, 0.5) is 0 Å². The van der Waals surface area contributed by atoms with Crippen LogP contribution in [0.25, 0.3) is 11.0 Å². The molecule has 1 amide bonds. The molecule has 3 aromatic rings. The van der Waals surface area contributed by atoms with E-state index in [2.05, 4.69) is 13.8 Å². The van der Waals surface area contributed by atoms with Crippen molar-refractivity contribution in [2.45, 2.75) is 33.7 Å². The van der Waals surface area contributed by atoms with Crippen LogP contribution in [0.5, 0.6) is 0 Å². The summed E-state index contributed by atoms with van der Waals surface area (Å²) in [5.41, 5.74) is 3.68. The summed E-state index contributed by atoms with van der Waals surface area (Å²) in [4.78, 5) is 19.8. The van der Waals surface area contributed by atoms with E-state index in [1.54, 1.807) is 0 Å². The van der Waals surface area contributed by atoms with Crippen molar-refractivity contribution in [1.82, 2.24) is 14.5 Å². The molecular weight excluding hydrogens is 358 g/mol. The van der Waals surface area contributed by atoms with Crippen LogP contribution in [-0.4, -0.2) is 26.9 Å². The van der Waals surface area contributed by atoms with Crippen LogP contribution in [0, 0.1) is 12.8 Å². The summed E-state index contributed by atoms with van der Waals surface area (Å²) in [5, 5.41) is 0.685. The molecular formula is C22H26ClN3O. The van der Waals surface area contributed by atoms with Gasteiger partial charge in [-0.3, -0.25) is 4.79 Å². The van der Waals surface area contributed by atoms with Gasteiger partial charge in [-0.2, -0.15) is 0 Å². The molecule has 0 unspecified atom stereocenters. The minimum atomic E-state index is 0.0458. The van der Waals surface area contributed by atoms with Crippen LogP contribution in [0.3, 0.4) is 0 Å². The average Bonchev–Trinajstić information content (AvgIpc) is 2.93. The third kappa shape index (κ3) is 4.51. The van der Waals surface area contributed by atoms with E-state index in [9.17, 15) is 4.79 Å². The summed E-state index contributed by atoms with van der Waals surface area (Å²) >= 11 is 6.13. The number of benzene rings is 2. The van der Waals surface area contributed by atoms with Crippen LogP contribution in [0.15, 0.2) is 42.5 Å². The van der Waals surface area contributed by atoms with Gasteiger partial charge in [0.05, 0.1) is 17.6 Å². The Bertz CT molecular complexity index is 961. The van der Waals surface area contributed by atoms with Gasteiger partial charge in [0.2, 0.25) is 0 Å². The molecule has 1 heterocycles. The Hall–Kier alpha value is -2.33. The first-order valence-corrected chi connectivity index (χ1v) is 9.69. The Kier molecular flexibility index (Phi) is 5.85. The van der Waals surface area contributed by atoms with E-state index < -0.39 is 0 Å². The summed E-state index contributed by atoms with van der Waals surface area (Å²) in [6, 6.07) is 13.4. The quantitative estimate of drug-likeness (QED) is 0.585. The number of nitrogens with zero attached hydrogens (tertiary/aromatic N) is 3. The molecule has 0 saturated carbocycles. The molecule has 4 nitrogen and oxygen atoms in total. The summed E-state index contributed by atoms with van der Waals surface area (Å²) < 4.78 is 2.02. The van der Waals surface area contributed by atoms with Crippen molar-refractivity contribution in [3.8, 4) is 0 Å². The van der Waals surface area contributed by atoms with Crippen molar-refractivity contribution >= 4 is 28.5 Å². The van der Waals surface area contributed by atoms with Crippen LogP contribution < -0.4 is 0 Å². The fourth-order valence-electron chi connectivity index (χ4n) is 3.15. The number of carbonyl (C=O) groups excluding carboxylic acids is 1. The summed E-state index contributed by atoms with van der Waals surface area (Å²) in [6.45, 7) is 7.53. The Balaban J connectivity index is 1.91. The predicted octanol–water partition coefficient (Wildman–Crippen LogP) is 5.22. The van der Waals surface area contributed by atoms with Gasteiger partial charge in [0.15, 0.2) is 0 Å². The zero-order chi connectivity index (χ0) is 19.6. The largest absolute Gasteiger partial charge is 0.331 e. The van der Waals surface area contributed by atoms with Gasteiger partial charge in [-0.25, -0.2) is 4.98 Å². The molecule has 3 rings (SSSR count). The lowest BCUT2D eigenvalue weighted by molar-refractivity contribution is 0.0730. The van der Waals surface area contributed by atoms with Gasteiger partial charge < -0.3 is 9.47 Å². The number of hydrogen-bond donors (Lipinski definition) is 0. The first kappa shape index (κ1) is 19.4. The molecule has 27 heavy (non-hydrogen) atoms. The molecule has 0 fully saturated rings. The standard InChI is InChI=1S/C22H26ClN3O/c1-15(2)10-11-26(22(27)17-7-5-6-16(3)12-17)14-21-24-19-9-8-18(23)13-20(19)25(21)4/h5-9,12-13,15H,10-11,14H2,1-4H3. The summed E-state index contributed by atoms with van der Waals surface area (Å²) in [7, 11) is 1.97. The second-order valence-electron chi connectivity index (χ2n) is 7.50. The van der Waals surface area contributed by atoms with Crippen molar-refractivity contribution in [2.75, 3.05) is 6.54 Å². The highest BCUT2D eigenvalue weighted by Crippen LogP contribution is 2.21. The average molecular weight is 384 g/mol. The normalized spacial score (nSPS) is 11.3. The van der Waals surface area contributed by atoms with Crippen molar-refractivity contribution in [1.29, 1.82) is 0 Å². The molecule has 0 radical (unpaired) electrons. The fraction of sp³-hybridized carbons (Fsp3) is 0.364. The molecule has 5 heteroatoms. The van der Waals surface area contributed by atoms with Gasteiger partial charge in [0.25, 0.3) is 5.91 Å². The van der Waals surface area contributed by atoms with Gasteiger partial charge in [-0.1, -0.05) is 43.1 Å². The van der Waals surface area contributed by atoms with Crippen LogP contribution in [0.2, 0.25) is 5.02 Å². The number of carbonyl (C=O) groups is 1. The minimum absolute atomic E-state index is 0.0458. The SMILES string of the molecule is Cc1cccc(C(=O)N(CCC(C)C)Cc2nc3ccc(Cl)cc3n2C)c1. The van der Waals surface area contributed by atoms with E-state index in [4.69, 9.17) is 16.6 Å². The molecule has 0 saturated heterocycles. The van der Waals surface area contributed by atoms with E-state index in [-0.39, 0.29) is 5.91 Å². The lowest BCUT2D eigenvalue weighted by Gasteiger charge is -2.23. The maximum atomic E-state index is 13.2. The Morgan fingerprint density at radius 3 is 2.70 bits per heavy atom. The Labute approximate surface area is 165 Å². The molecule has 0 bridgehead atoms. The molecule has 0 N–H and O–H groups in total. The first-order valence-electron chi connectivity index (χ1n) is 9.32. The highest BCUT2D eigenvalue weighted by Gasteiger charge is 2.19. The maximum absolute atomic E-state index is 13.2.